The molecule has 0 spiro atoms. The summed E-state index contributed by atoms with van der Waals surface area (Å²) in [6, 6.07) is 17.4. The van der Waals surface area contributed by atoms with Crippen LogP contribution in [0, 0.1) is 6.92 Å². The molecule has 1 unspecified atom stereocenters. The van der Waals surface area contributed by atoms with Crippen LogP contribution in [-0.2, 0) is 11.3 Å². The number of aromatic amines is 1. The highest BCUT2D eigenvalue weighted by Gasteiger charge is 2.24. The van der Waals surface area contributed by atoms with E-state index in [1.807, 2.05) is 54.3 Å². The number of aryl methyl sites for hydroxylation is 1. The number of aromatic nitrogens is 2. The van der Waals surface area contributed by atoms with Gasteiger partial charge in [-0.05, 0) is 43.7 Å². The number of hydrogen-bond acceptors (Lipinski definition) is 4. The van der Waals surface area contributed by atoms with E-state index < -0.39 is 0 Å². The lowest BCUT2D eigenvalue weighted by Gasteiger charge is -2.35. The van der Waals surface area contributed by atoms with Crippen LogP contribution >= 0.6 is 0 Å². The van der Waals surface area contributed by atoms with Crippen molar-refractivity contribution in [1.82, 2.24) is 19.4 Å². The Balaban J connectivity index is 1.56. The number of H-pyrrole nitrogens is 1. The van der Waals surface area contributed by atoms with Gasteiger partial charge >= 0.3 is 5.69 Å². The number of carbonyl (C=O) groups excluding carboxylic acids is 1. The summed E-state index contributed by atoms with van der Waals surface area (Å²) in [5, 5.41) is 0. The van der Waals surface area contributed by atoms with Gasteiger partial charge < -0.3 is 14.6 Å². The fourth-order valence-electron chi connectivity index (χ4n) is 4.16. The van der Waals surface area contributed by atoms with Crippen LogP contribution in [0.25, 0.3) is 5.69 Å². The van der Waals surface area contributed by atoms with Gasteiger partial charge in [0.15, 0.2) is 0 Å². The van der Waals surface area contributed by atoms with E-state index in [-0.39, 0.29) is 17.6 Å². The number of rotatable bonds is 7. The third-order valence-corrected chi connectivity index (χ3v) is 5.95. The van der Waals surface area contributed by atoms with Crippen LogP contribution in [0.3, 0.4) is 0 Å². The zero-order valence-corrected chi connectivity index (χ0v) is 18.7. The Kier molecular flexibility index (Phi) is 6.87. The summed E-state index contributed by atoms with van der Waals surface area (Å²) >= 11 is 0. The van der Waals surface area contributed by atoms with Gasteiger partial charge in [0.1, 0.15) is 0 Å². The van der Waals surface area contributed by atoms with Gasteiger partial charge in [0.25, 0.3) is 5.91 Å². The molecule has 0 saturated carbocycles. The molecular weight excluding hydrogens is 404 g/mol. The van der Waals surface area contributed by atoms with Gasteiger partial charge in [-0.3, -0.25) is 14.3 Å². The van der Waals surface area contributed by atoms with E-state index in [9.17, 15) is 9.59 Å². The molecule has 1 N–H and O–H groups in total. The largest absolute Gasteiger partial charge is 0.379 e. The molecule has 168 valence electrons. The Morgan fingerprint density at radius 2 is 1.78 bits per heavy atom. The molecule has 2 aromatic carbocycles. The summed E-state index contributed by atoms with van der Waals surface area (Å²) in [4.78, 5) is 32.6. The first-order chi connectivity index (χ1) is 15.5. The first kappa shape index (κ1) is 22.0. The Morgan fingerprint density at radius 3 is 2.41 bits per heavy atom. The molecule has 0 radical (unpaired) electrons. The number of morpholine rings is 1. The van der Waals surface area contributed by atoms with E-state index in [2.05, 4.69) is 16.8 Å². The molecule has 7 nitrogen and oxygen atoms in total. The lowest BCUT2D eigenvalue weighted by atomic mass is 10.1. The fraction of sp³-hybridized carbons (Fsp3) is 0.360. The van der Waals surface area contributed by atoms with Crippen molar-refractivity contribution >= 4 is 5.91 Å². The number of imidazole rings is 1. The number of hydrogen-bond donors (Lipinski definition) is 1. The van der Waals surface area contributed by atoms with Crippen molar-refractivity contribution in [3.8, 4) is 5.69 Å². The molecule has 2 heterocycles. The lowest BCUT2D eigenvalue weighted by molar-refractivity contribution is 0.0228. The fourth-order valence-corrected chi connectivity index (χ4v) is 4.16. The van der Waals surface area contributed by atoms with Gasteiger partial charge in [-0.25, -0.2) is 4.79 Å². The SMILES string of the molecule is Cc1c[nH]c(=O)n1-c1ccc(C(=O)N(Cc2ccccc2)C(C)CN2CCOCC2)cc1. The van der Waals surface area contributed by atoms with Crippen LogP contribution in [0.15, 0.2) is 65.6 Å². The van der Waals surface area contributed by atoms with Gasteiger partial charge in [0.2, 0.25) is 0 Å². The van der Waals surface area contributed by atoms with E-state index in [0.29, 0.717) is 12.1 Å². The minimum atomic E-state index is -0.189. The third-order valence-electron chi connectivity index (χ3n) is 5.95. The van der Waals surface area contributed by atoms with Crippen LogP contribution in [0.4, 0.5) is 0 Å². The number of benzene rings is 2. The molecular formula is C25H30N4O3. The predicted octanol–water partition coefficient (Wildman–Crippen LogP) is 2.84. The van der Waals surface area contributed by atoms with Gasteiger partial charge in [-0.1, -0.05) is 30.3 Å². The van der Waals surface area contributed by atoms with Crippen LogP contribution in [0.1, 0.15) is 28.5 Å². The number of ether oxygens (including phenoxy) is 1. The average molecular weight is 435 g/mol. The van der Waals surface area contributed by atoms with Crippen molar-refractivity contribution in [3.63, 3.8) is 0 Å². The first-order valence-corrected chi connectivity index (χ1v) is 11.1. The molecule has 1 aliphatic rings. The van der Waals surface area contributed by atoms with Crippen LogP contribution in [-0.4, -0.2) is 64.1 Å². The maximum atomic E-state index is 13.6. The monoisotopic (exact) mass is 434 g/mol. The van der Waals surface area contributed by atoms with Crippen molar-refractivity contribution in [2.45, 2.75) is 26.4 Å². The van der Waals surface area contributed by atoms with Crippen molar-refractivity contribution in [2.24, 2.45) is 0 Å². The first-order valence-electron chi connectivity index (χ1n) is 11.1. The second-order valence-corrected chi connectivity index (χ2v) is 8.30. The maximum Gasteiger partial charge on any atom is 0.330 e. The second-order valence-electron chi connectivity index (χ2n) is 8.30. The lowest BCUT2D eigenvalue weighted by Crippen LogP contribution is -2.48. The van der Waals surface area contributed by atoms with Gasteiger partial charge in [0.05, 0.1) is 18.9 Å². The highest BCUT2D eigenvalue weighted by molar-refractivity contribution is 5.94. The molecule has 32 heavy (non-hydrogen) atoms. The van der Waals surface area contributed by atoms with Crippen molar-refractivity contribution in [1.29, 1.82) is 0 Å². The highest BCUT2D eigenvalue weighted by atomic mass is 16.5. The molecule has 1 aliphatic heterocycles. The molecule has 3 aromatic rings. The number of amides is 1. The normalized spacial score (nSPS) is 15.4. The summed E-state index contributed by atoms with van der Waals surface area (Å²) in [6.07, 6.45) is 1.68. The third kappa shape index (κ3) is 5.00. The summed E-state index contributed by atoms with van der Waals surface area (Å²) in [7, 11) is 0. The Bertz CT molecular complexity index is 1080. The van der Waals surface area contributed by atoms with Crippen LogP contribution < -0.4 is 5.69 Å². The van der Waals surface area contributed by atoms with Gasteiger partial charge in [-0.15, -0.1) is 0 Å². The minimum Gasteiger partial charge on any atom is -0.379 e. The van der Waals surface area contributed by atoms with E-state index in [1.54, 1.807) is 22.9 Å². The number of nitrogens with one attached hydrogen (secondary N) is 1. The number of carbonyl (C=O) groups is 1. The molecule has 1 atom stereocenters. The van der Waals surface area contributed by atoms with E-state index >= 15 is 0 Å². The van der Waals surface area contributed by atoms with Crippen LogP contribution in [0.5, 0.6) is 0 Å². The zero-order valence-electron chi connectivity index (χ0n) is 18.7. The van der Waals surface area contributed by atoms with Gasteiger partial charge in [0, 0.05) is 49.7 Å². The Hall–Kier alpha value is -3.16. The molecule has 0 bridgehead atoms. The summed E-state index contributed by atoms with van der Waals surface area (Å²) in [5.41, 5.74) is 3.08. The summed E-state index contributed by atoms with van der Waals surface area (Å²) < 4.78 is 7.06. The Morgan fingerprint density at radius 1 is 1.09 bits per heavy atom. The highest BCUT2D eigenvalue weighted by Crippen LogP contribution is 2.17. The molecule has 0 aliphatic carbocycles. The molecule has 1 amide bonds. The predicted molar refractivity (Wildman–Crippen MR) is 124 cm³/mol. The molecule has 1 aromatic heterocycles. The number of nitrogens with zero attached hydrogens (tertiary/aromatic N) is 3. The van der Waals surface area contributed by atoms with E-state index in [4.69, 9.17) is 4.74 Å². The van der Waals surface area contributed by atoms with E-state index in [0.717, 1.165) is 49.8 Å². The second kappa shape index (κ2) is 9.97. The average Bonchev–Trinajstić information content (AvgIpc) is 3.16. The van der Waals surface area contributed by atoms with Crippen molar-refractivity contribution in [2.75, 3.05) is 32.8 Å². The quantitative estimate of drug-likeness (QED) is 0.621. The molecule has 1 saturated heterocycles. The van der Waals surface area contributed by atoms with E-state index in [1.165, 1.54) is 0 Å². The summed E-state index contributed by atoms with van der Waals surface area (Å²) in [5.74, 6) is -0.0145. The maximum absolute atomic E-state index is 13.6. The van der Waals surface area contributed by atoms with Crippen LogP contribution in [0.2, 0.25) is 0 Å². The zero-order chi connectivity index (χ0) is 22.5. The standard InChI is InChI=1S/C25H30N4O3/c1-19-16-26-25(31)29(19)23-10-8-22(9-11-23)24(30)28(18-21-6-4-3-5-7-21)20(2)17-27-12-14-32-15-13-27/h3-11,16,20H,12-15,17-18H2,1-2H3,(H,26,31). The molecule has 7 heteroatoms. The smallest absolute Gasteiger partial charge is 0.330 e. The van der Waals surface area contributed by atoms with Crippen molar-refractivity contribution in [3.05, 3.63) is 88.1 Å². The molecule has 1 fully saturated rings. The Labute approximate surface area is 188 Å². The summed E-state index contributed by atoms with van der Waals surface area (Å²) in [6.45, 7) is 8.56. The molecule has 4 rings (SSSR count). The minimum absolute atomic E-state index is 0.0145. The van der Waals surface area contributed by atoms with Crippen molar-refractivity contribution < 1.29 is 9.53 Å². The van der Waals surface area contributed by atoms with Gasteiger partial charge in [-0.2, -0.15) is 0 Å². The topological polar surface area (TPSA) is 70.6 Å².